The number of aryl methyl sites for hydroxylation is 1. The second-order valence-electron chi connectivity index (χ2n) is 3.94. The van der Waals surface area contributed by atoms with Gasteiger partial charge in [-0.2, -0.15) is 0 Å². The van der Waals surface area contributed by atoms with E-state index in [1.165, 1.54) is 27.1 Å². The highest BCUT2D eigenvalue weighted by atomic mass is 14.1. The molecule has 0 radical (unpaired) electrons. The van der Waals surface area contributed by atoms with Gasteiger partial charge in [0.25, 0.3) is 0 Å². The van der Waals surface area contributed by atoms with Crippen LogP contribution in [0.2, 0.25) is 0 Å². The van der Waals surface area contributed by atoms with E-state index in [0.717, 1.165) is 0 Å². The van der Waals surface area contributed by atoms with E-state index in [4.69, 9.17) is 0 Å². The molecule has 0 heterocycles. The van der Waals surface area contributed by atoms with Crippen LogP contribution in [0.25, 0.3) is 21.5 Å². The van der Waals surface area contributed by atoms with Crippen LogP contribution in [0, 0.1) is 6.92 Å². The summed E-state index contributed by atoms with van der Waals surface area (Å²) in [5, 5.41) is 5.37. The molecule has 3 aromatic rings. The highest BCUT2D eigenvalue weighted by Gasteiger charge is 2.01. The standard InChI is InChI=1S/C15H12.C2H4/c1-11-14-8-4-2-6-12(14)10-13-7-3-5-9-15(11)13;1-2/h2-10H,1H3;1-2H2. The summed E-state index contributed by atoms with van der Waals surface area (Å²) in [5.41, 5.74) is 1.38. The number of fused-ring (bicyclic) bond motifs is 2. The van der Waals surface area contributed by atoms with Crippen molar-refractivity contribution in [2.45, 2.75) is 6.92 Å². The molecule has 0 aliphatic heterocycles. The van der Waals surface area contributed by atoms with E-state index in [0.29, 0.717) is 0 Å². The SMILES string of the molecule is C=C.Cc1c2ccccc2cc2ccccc12. The van der Waals surface area contributed by atoms with Gasteiger partial charge in [-0.1, -0.05) is 48.5 Å². The molecule has 0 N–H and O–H groups in total. The normalized spacial score (nSPS) is 9.94. The topological polar surface area (TPSA) is 0 Å². The Morgan fingerprint density at radius 2 is 1.12 bits per heavy atom. The van der Waals surface area contributed by atoms with Crippen LogP contribution < -0.4 is 0 Å². The maximum Gasteiger partial charge on any atom is -0.0148 e. The monoisotopic (exact) mass is 220 g/mol. The van der Waals surface area contributed by atoms with E-state index in [-0.39, 0.29) is 0 Å². The summed E-state index contributed by atoms with van der Waals surface area (Å²) in [6.45, 7) is 8.20. The third kappa shape index (κ3) is 1.94. The molecule has 84 valence electrons. The van der Waals surface area contributed by atoms with Crippen molar-refractivity contribution in [2.24, 2.45) is 0 Å². The molecular formula is C17H16. The van der Waals surface area contributed by atoms with Crippen molar-refractivity contribution in [1.29, 1.82) is 0 Å². The van der Waals surface area contributed by atoms with E-state index in [2.05, 4.69) is 74.7 Å². The van der Waals surface area contributed by atoms with Crippen LogP contribution in [-0.4, -0.2) is 0 Å². The van der Waals surface area contributed by atoms with Gasteiger partial charge in [-0.15, -0.1) is 13.2 Å². The lowest BCUT2D eigenvalue weighted by atomic mass is 9.98. The van der Waals surface area contributed by atoms with E-state index < -0.39 is 0 Å². The largest absolute Gasteiger partial charge is 0.106 e. The van der Waals surface area contributed by atoms with Crippen molar-refractivity contribution >= 4 is 21.5 Å². The molecule has 0 aliphatic carbocycles. The second-order valence-corrected chi connectivity index (χ2v) is 3.94. The van der Waals surface area contributed by atoms with Crippen LogP contribution in [0.5, 0.6) is 0 Å². The highest BCUT2D eigenvalue weighted by Crippen LogP contribution is 2.27. The van der Waals surface area contributed by atoms with Gasteiger partial charge in [-0.3, -0.25) is 0 Å². The van der Waals surface area contributed by atoms with Gasteiger partial charge >= 0.3 is 0 Å². The summed E-state index contributed by atoms with van der Waals surface area (Å²) in [6.07, 6.45) is 0. The predicted octanol–water partition coefficient (Wildman–Crippen LogP) is 5.10. The van der Waals surface area contributed by atoms with Gasteiger partial charge in [0.1, 0.15) is 0 Å². The summed E-state index contributed by atoms with van der Waals surface area (Å²) >= 11 is 0. The van der Waals surface area contributed by atoms with Crippen molar-refractivity contribution in [1.82, 2.24) is 0 Å². The molecule has 0 amide bonds. The zero-order valence-corrected chi connectivity index (χ0v) is 10.1. The molecule has 17 heavy (non-hydrogen) atoms. The maximum atomic E-state index is 3.00. The lowest BCUT2D eigenvalue weighted by Gasteiger charge is -2.06. The summed E-state index contributed by atoms with van der Waals surface area (Å²) in [4.78, 5) is 0. The van der Waals surface area contributed by atoms with Crippen molar-refractivity contribution in [3.63, 3.8) is 0 Å². The predicted molar refractivity (Wildman–Crippen MR) is 77.4 cm³/mol. The van der Waals surface area contributed by atoms with Gasteiger partial charge in [0.2, 0.25) is 0 Å². The third-order valence-corrected chi connectivity index (χ3v) is 3.04. The molecule has 0 aliphatic rings. The van der Waals surface area contributed by atoms with E-state index in [1.54, 1.807) is 0 Å². The molecule has 0 heteroatoms. The second kappa shape index (κ2) is 4.84. The molecule has 0 unspecified atom stereocenters. The Kier molecular flexibility index (Phi) is 3.24. The molecule has 0 spiro atoms. The maximum absolute atomic E-state index is 3.00. The fourth-order valence-electron chi connectivity index (χ4n) is 2.24. The minimum absolute atomic E-state index is 1.33. The van der Waals surface area contributed by atoms with E-state index in [9.17, 15) is 0 Å². The number of benzene rings is 3. The van der Waals surface area contributed by atoms with Gasteiger partial charge in [-0.05, 0) is 40.1 Å². The Labute approximate surface area is 102 Å². The van der Waals surface area contributed by atoms with Crippen LogP contribution in [-0.2, 0) is 0 Å². The van der Waals surface area contributed by atoms with Crippen molar-refractivity contribution in [2.75, 3.05) is 0 Å². The Hall–Kier alpha value is -2.08. The van der Waals surface area contributed by atoms with Crippen LogP contribution in [0.4, 0.5) is 0 Å². The first-order chi connectivity index (χ1) is 8.36. The highest BCUT2D eigenvalue weighted by molar-refractivity contribution is 6.01. The summed E-state index contributed by atoms with van der Waals surface area (Å²) in [5.74, 6) is 0. The Morgan fingerprint density at radius 3 is 1.59 bits per heavy atom. The van der Waals surface area contributed by atoms with Gasteiger partial charge < -0.3 is 0 Å². The zero-order chi connectivity index (χ0) is 12.3. The Balaban J connectivity index is 0.000000514. The van der Waals surface area contributed by atoms with Gasteiger partial charge in [-0.25, -0.2) is 0 Å². The van der Waals surface area contributed by atoms with Gasteiger partial charge in [0.05, 0.1) is 0 Å². The first-order valence-electron chi connectivity index (χ1n) is 5.73. The molecule has 0 nitrogen and oxygen atoms in total. The van der Waals surface area contributed by atoms with Crippen LogP contribution in [0.15, 0.2) is 67.8 Å². The smallest absolute Gasteiger partial charge is 0.0148 e. The molecule has 0 saturated heterocycles. The molecular weight excluding hydrogens is 204 g/mol. The molecule has 3 aromatic carbocycles. The Morgan fingerprint density at radius 1 is 0.706 bits per heavy atom. The number of hydrogen-bond acceptors (Lipinski definition) is 0. The minimum atomic E-state index is 1.33. The zero-order valence-electron chi connectivity index (χ0n) is 10.1. The summed E-state index contributed by atoms with van der Waals surface area (Å²) in [6, 6.07) is 19.4. The van der Waals surface area contributed by atoms with Crippen molar-refractivity contribution in [3.8, 4) is 0 Å². The molecule has 0 fully saturated rings. The quantitative estimate of drug-likeness (QED) is 0.365. The van der Waals surface area contributed by atoms with Crippen LogP contribution >= 0.6 is 0 Å². The molecule has 0 saturated carbocycles. The fourth-order valence-corrected chi connectivity index (χ4v) is 2.24. The molecule has 0 aromatic heterocycles. The number of rotatable bonds is 0. The average Bonchev–Trinajstić information content (AvgIpc) is 2.41. The summed E-state index contributed by atoms with van der Waals surface area (Å²) in [7, 11) is 0. The van der Waals surface area contributed by atoms with E-state index >= 15 is 0 Å². The molecule has 0 atom stereocenters. The molecule has 0 bridgehead atoms. The lowest BCUT2D eigenvalue weighted by Crippen LogP contribution is -1.81. The first kappa shape index (κ1) is 11.4. The fraction of sp³-hybridized carbons (Fsp3) is 0.0588. The molecule has 3 rings (SSSR count). The summed E-state index contributed by atoms with van der Waals surface area (Å²) < 4.78 is 0. The number of hydrogen-bond donors (Lipinski definition) is 0. The third-order valence-electron chi connectivity index (χ3n) is 3.04. The lowest BCUT2D eigenvalue weighted by molar-refractivity contribution is 1.58. The van der Waals surface area contributed by atoms with Gasteiger partial charge in [0.15, 0.2) is 0 Å². The average molecular weight is 220 g/mol. The van der Waals surface area contributed by atoms with Crippen LogP contribution in [0.1, 0.15) is 5.56 Å². The first-order valence-corrected chi connectivity index (χ1v) is 5.73. The van der Waals surface area contributed by atoms with Gasteiger partial charge in [0, 0.05) is 0 Å². The minimum Gasteiger partial charge on any atom is -0.106 e. The van der Waals surface area contributed by atoms with E-state index in [1.807, 2.05) is 0 Å². The van der Waals surface area contributed by atoms with Crippen molar-refractivity contribution in [3.05, 3.63) is 73.3 Å². The van der Waals surface area contributed by atoms with Crippen LogP contribution in [0.3, 0.4) is 0 Å². The Bertz CT molecular complexity index is 596. The van der Waals surface area contributed by atoms with Crippen molar-refractivity contribution < 1.29 is 0 Å².